The fraction of sp³-hybridized carbons (Fsp3) is 0.556. The second kappa shape index (κ2) is 8.92. The topological polar surface area (TPSA) is 61.4 Å². The normalized spacial score (nSPS) is 15.4. The maximum Gasteiger partial charge on any atom is 0.315 e. The van der Waals surface area contributed by atoms with Crippen molar-refractivity contribution in [3.05, 3.63) is 34.9 Å². The van der Waals surface area contributed by atoms with E-state index in [0.717, 1.165) is 24.8 Å². The summed E-state index contributed by atoms with van der Waals surface area (Å²) >= 11 is 5.85. The van der Waals surface area contributed by atoms with Crippen molar-refractivity contribution in [2.45, 2.75) is 39.2 Å². The highest BCUT2D eigenvalue weighted by Crippen LogP contribution is 2.13. The zero-order valence-electron chi connectivity index (χ0n) is 14.3. The van der Waals surface area contributed by atoms with E-state index in [4.69, 9.17) is 11.6 Å². The molecule has 3 amide bonds. The van der Waals surface area contributed by atoms with Crippen LogP contribution in [0.2, 0.25) is 5.02 Å². The van der Waals surface area contributed by atoms with Gasteiger partial charge in [0.2, 0.25) is 5.91 Å². The van der Waals surface area contributed by atoms with Crippen LogP contribution in [0.15, 0.2) is 24.3 Å². The molecule has 0 aromatic heterocycles. The summed E-state index contributed by atoms with van der Waals surface area (Å²) in [4.78, 5) is 25.8. The summed E-state index contributed by atoms with van der Waals surface area (Å²) < 4.78 is 0. The van der Waals surface area contributed by atoms with Gasteiger partial charge in [0.05, 0.1) is 0 Å². The molecule has 1 aliphatic rings. The molecule has 1 aromatic rings. The van der Waals surface area contributed by atoms with Gasteiger partial charge >= 0.3 is 6.03 Å². The molecule has 0 aliphatic carbocycles. The summed E-state index contributed by atoms with van der Waals surface area (Å²) in [5.41, 5.74) is 1.14. The summed E-state index contributed by atoms with van der Waals surface area (Å²) in [6.45, 7) is 5.85. The van der Waals surface area contributed by atoms with Crippen LogP contribution in [0.25, 0.3) is 0 Å². The lowest BCUT2D eigenvalue weighted by molar-refractivity contribution is -0.135. The summed E-state index contributed by atoms with van der Waals surface area (Å²) in [7, 11) is 0. The highest BCUT2D eigenvalue weighted by atomic mass is 35.5. The van der Waals surface area contributed by atoms with Crippen molar-refractivity contribution in [2.24, 2.45) is 5.92 Å². The van der Waals surface area contributed by atoms with Crippen LogP contribution < -0.4 is 10.6 Å². The van der Waals surface area contributed by atoms with Gasteiger partial charge in [-0.15, -0.1) is 0 Å². The second-order valence-corrected chi connectivity index (χ2v) is 6.97. The van der Waals surface area contributed by atoms with E-state index in [-0.39, 0.29) is 23.9 Å². The first kappa shape index (κ1) is 18.6. The summed E-state index contributed by atoms with van der Waals surface area (Å²) in [5, 5.41) is 6.59. The molecule has 0 bridgehead atoms. The minimum atomic E-state index is -0.141. The van der Waals surface area contributed by atoms with E-state index >= 15 is 0 Å². The van der Waals surface area contributed by atoms with Crippen molar-refractivity contribution < 1.29 is 9.59 Å². The van der Waals surface area contributed by atoms with Gasteiger partial charge in [0, 0.05) is 36.6 Å². The number of hydrogen-bond acceptors (Lipinski definition) is 2. The average Bonchev–Trinajstić information content (AvgIpc) is 2.56. The predicted molar refractivity (Wildman–Crippen MR) is 96.1 cm³/mol. The van der Waals surface area contributed by atoms with E-state index in [9.17, 15) is 9.59 Å². The van der Waals surface area contributed by atoms with Crippen molar-refractivity contribution in [1.82, 2.24) is 15.5 Å². The van der Waals surface area contributed by atoms with Crippen LogP contribution in [0.4, 0.5) is 4.79 Å². The Labute approximate surface area is 148 Å². The first-order valence-electron chi connectivity index (χ1n) is 8.53. The molecule has 0 unspecified atom stereocenters. The maximum absolute atomic E-state index is 12.0. The number of carbonyl (C=O) groups is 2. The number of nitrogens with one attached hydrogen (secondary N) is 2. The molecule has 1 heterocycles. The number of halogens is 1. The summed E-state index contributed by atoms with van der Waals surface area (Å²) in [5.74, 6) is 0.228. The largest absolute Gasteiger partial charge is 0.342 e. The van der Waals surface area contributed by atoms with E-state index in [1.54, 1.807) is 0 Å². The molecule has 0 radical (unpaired) electrons. The molecule has 1 aromatic carbocycles. The van der Waals surface area contributed by atoms with Gasteiger partial charge in [0.1, 0.15) is 0 Å². The van der Waals surface area contributed by atoms with Gasteiger partial charge in [-0.25, -0.2) is 4.79 Å². The standard InChI is InChI=1S/C18H26ClN3O2/c1-13(2)17(23)22-11-8-16(9-12-22)21-18(24)20-10-7-14-3-5-15(19)6-4-14/h3-6,13,16H,7-12H2,1-2H3,(H2,20,21,24). The lowest BCUT2D eigenvalue weighted by Gasteiger charge is -2.33. The van der Waals surface area contributed by atoms with Gasteiger partial charge < -0.3 is 15.5 Å². The van der Waals surface area contributed by atoms with Crippen LogP contribution in [0, 0.1) is 5.92 Å². The van der Waals surface area contributed by atoms with Crippen LogP contribution >= 0.6 is 11.6 Å². The molecular weight excluding hydrogens is 326 g/mol. The van der Waals surface area contributed by atoms with Gasteiger partial charge in [0.25, 0.3) is 0 Å². The number of hydrogen-bond donors (Lipinski definition) is 2. The van der Waals surface area contributed by atoms with Crippen LogP contribution in [-0.4, -0.2) is 42.5 Å². The lowest BCUT2D eigenvalue weighted by Crippen LogP contribution is -2.50. The fourth-order valence-corrected chi connectivity index (χ4v) is 2.94. The quantitative estimate of drug-likeness (QED) is 0.856. The molecule has 1 aliphatic heterocycles. The minimum Gasteiger partial charge on any atom is -0.342 e. The SMILES string of the molecule is CC(C)C(=O)N1CCC(NC(=O)NCCc2ccc(Cl)cc2)CC1. The monoisotopic (exact) mass is 351 g/mol. The number of benzene rings is 1. The molecule has 5 nitrogen and oxygen atoms in total. The summed E-state index contributed by atoms with van der Waals surface area (Å²) in [6, 6.07) is 7.62. The van der Waals surface area contributed by atoms with Gasteiger partial charge in [-0.3, -0.25) is 4.79 Å². The fourth-order valence-electron chi connectivity index (χ4n) is 2.82. The van der Waals surface area contributed by atoms with Crippen molar-refractivity contribution in [3.8, 4) is 0 Å². The molecule has 2 rings (SSSR count). The Bertz CT molecular complexity index is 552. The van der Waals surface area contributed by atoms with Crippen molar-refractivity contribution >= 4 is 23.5 Å². The molecule has 132 valence electrons. The first-order chi connectivity index (χ1) is 11.5. The molecule has 0 spiro atoms. The molecule has 24 heavy (non-hydrogen) atoms. The van der Waals surface area contributed by atoms with Crippen molar-refractivity contribution in [3.63, 3.8) is 0 Å². The molecule has 2 N–H and O–H groups in total. The van der Waals surface area contributed by atoms with Crippen LogP contribution in [0.5, 0.6) is 0 Å². The van der Waals surface area contributed by atoms with Crippen molar-refractivity contribution in [1.29, 1.82) is 0 Å². The second-order valence-electron chi connectivity index (χ2n) is 6.53. The third kappa shape index (κ3) is 5.71. The summed E-state index contributed by atoms with van der Waals surface area (Å²) in [6.07, 6.45) is 2.39. The van der Waals surface area contributed by atoms with E-state index in [2.05, 4.69) is 10.6 Å². The van der Waals surface area contributed by atoms with Gasteiger partial charge in [-0.2, -0.15) is 0 Å². The van der Waals surface area contributed by atoms with E-state index < -0.39 is 0 Å². The van der Waals surface area contributed by atoms with E-state index in [0.29, 0.717) is 24.7 Å². The number of rotatable bonds is 5. The van der Waals surface area contributed by atoms with Crippen LogP contribution in [0.3, 0.4) is 0 Å². The Morgan fingerprint density at radius 2 is 1.83 bits per heavy atom. The lowest BCUT2D eigenvalue weighted by atomic mass is 10.0. The average molecular weight is 352 g/mol. The number of amides is 3. The van der Waals surface area contributed by atoms with Crippen LogP contribution in [0.1, 0.15) is 32.3 Å². The smallest absolute Gasteiger partial charge is 0.315 e. The highest BCUT2D eigenvalue weighted by molar-refractivity contribution is 6.30. The number of likely N-dealkylation sites (tertiary alicyclic amines) is 1. The number of urea groups is 1. The van der Waals surface area contributed by atoms with Gasteiger partial charge in [-0.1, -0.05) is 37.6 Å². The Kier molecular flexibility index (Phi) is 6.91. The van der Waals surface area contributed by atoms with E-state index in [1.165, 1.54) is 0 Å². The number of carbonyl (C=O) groups excluding carboxylic acids is 2. The van der Waals surface area contributed by atoms with Gasteiger partial charge in [0.15, 0.2) is 0 Å². The maximum atomic E-state index is 12.0. The Balaban J connectivity index is 1.64. The molecule has 0 atom stereocenters. The van der Waals surface area contributed by atoms with E-state index in [1.807, 2.05) is 43.0 Å². The molecule has 0 saturated carbocycles. The number of piperidine rings is 1. The van der Waals surface area contributed by atoms with Crippen LogP contribution in [-0.2, 0) is 11.2 Å². The zero-order valence-corrected chi connectivity index (χ0v) is 15.1. The Hall–Kier alpha value is -1.75. The third-order valence-electron chi connectivity index (χ3n) is 4.25. The minimum absolute atomic E-state index is 0.0330. The first-order valence-corrected chi connectivity index (χ1v) is 8.91. The molecule has 1 saturated heterocycles. The number of nitrogens with zero attached hydrogens (tertiary/aromatic N) is 1. The molecular formula is C18H26ClN3O2. The van der Waals surface area contributed by atoms with Gasteiger partial charge in [-0.05, 0) is 37.0 Å². The Morgan fingerprint density at radius 1 is 1.21 bits per heavy atom. The predicted octanol–water partition coefficient (Wildman–Crippen LogP) is 2.83. The highest BCUT2D eigenvalue weighted by Gasteiger charge is 2.24. The molecule has 1 fully saturated rings. The van der Waals surface area contributed by atoms with Crippen molar-refractivity contribution in [2.75, 3.05) is 19.6 Å². The zero-order chi connectivity index (χ0) is 17.5. The third-order valence-corrected chi connectivity index (χ3v) is 4.50. The molecule has 6 heteroatoms. The Morgan fingerprint density at radius 3 is 2.42 bits per heavy atom.